The van der Waals surface area contributed by atoms with Crippen molar-refractivity contribution in [2.24, 2.45) is 0 Å². The van der Waals surface area contributed by atoms with Crippen molar-refractivity contribution in [1.29, 1.82) is 0 Å². The third-order valence-corrected chi connectivity index (χ3v) is 5.13. The maximum absolute atomic E-state index is 12.1. The van der Waals surface area contributed by atoms with E-state index in [-0.39, 0.29) is 24.7 Å². The Balaban J connectivity index is 1.55. The summed E-state index contributed by atoms with van der Waals surface area (Å²) in [6, 6.07) is 7.81. The van der Waals surface area contributed by atoms with Gasteiger partial charge in [0.25, 0.3) is 0 Å². The number of carbonyl (C=O) groups excluding carboxylic acids is 1. The fourth-order valence-electron chi connectivity index (χ4n) is 3.76. The number of rotatable bonds is 3. The van der Waals surface area contributed by atoms with E-state index >= 15 is 0 Å². The fraction of sp³-hybridized carbons (Fsp3) is 0.611. The largest absolute Gasteiger partial charge is 0.393 e. The highest BCUT2D eigenvalue weighted by Gasteiger charge is 2.34. The van der Waals surface area contributed by atoms with Crippen LogP contribution in [-0.4, -0.2) is 34.9 Å². The molecule has 1 aromatic rings. The van der Waals surface area contributed by atoms with Crippen molar-refractivity contribution in [3.8, 4) is 0 Å². The SMILES string of the molecule is O=C(NCC1(O)CCCc2ccccc21)NC1CCC(O)CC1. The second-order valence-electron chi connectivity index (χ2n) is 6.87. The van der Waals surface area contributed by atoms with Crippen LogP contribution >= 0.6 is 0 Å². The summed E-state index contributed by atoms with van der Waals surface area (Å²) in [6.45, 7) is 0.227. The lowest BCUT2D eigenvalue weighted by atomic mass is 9.79. The van der Waals surface area contributed by atoms with E-state index in [1.165, 1.54) is 5.56 Å². The number of aryl methyl sites for hydroxylation is 1. The van der Waals surface area contributed by atoms with E-state index in [1.54, 1.807) is 0 Å². The molecule has 0 bridgehead atoms. The number of fused-ring (bicyclic) bond motifs is 1. The Hall–Kier alpha value is -1.59. The molecular formula is C18H26N2O3. The van der Waals surface area contributed by atoms with Gasteiger partial charge in [-0.15, -0.1) is 0 Å². The lowest BCUT2D eigenvalue weighted by Gasteiger charge is -2.35. The van der Waals surface area contributed by atoms with Gasteiger partial charge in [-0.3, -0.25) is 0 Å². The van der Waals surface area contributed by atoms with Crippen LogP contribution < -0.4 is 10.6 Å². The molecule has 0 radical (unpaired) electrons. The zero-order chi connectivity index (χ0) is 16.3. The highest BCUT2D eigenvalue weighted by atomic mass is 16.3. The number of amides is 2. The molecule has 0 saturated heterocycles. The molecular weight excluding hydrogens is 292 g/mol. The van der Waals surface area contributed by atoms with Gasteiger partial charge < -0.3 is 20.8 Å². The summed E-state index contributed by atoms with van der Waals surface area (Å²) < 4.78 is 0. The number of nitrogens with one attached hydrogen (secondary N) is 2. The summed E-state index contributed by atoms with van der Waals surface area (Å²) in [4.78, 5) is 12.1. The van der Waals surface area contributed by atoms with Gasteiger partial charge in [-0.1, -0.05) is 24.3 Å². The Morgan fingerprint density at radius 2 is 1.96 bits per heavy atom. The molecule has 2 aliphatic carbocycles. The topological polar surface area (TPSA) is 81.6 Å². The van der Waals surface area contributed by atoms with Crippen LogP contribution in [0, 0.1) is 0 Å². The summed E-state index contributed by atoms with van der Waals surface area (Å²) >= 11 is 0. The summed E-state index contributed by atoms with van der Waals surface area (Å²) in [7, 11) is 0. The number of carbonyl (C=O) groups is 1. The molecule has 1 fully saturated rings. The van der Waals surface area contributed by atoms with Gasteiger partial charge in [-0.25, -0.2) is 4.79 Å². The summed E-state index contributed by atoms with van der Waals surface area (Å²) in [6.07, 6.45) is 5.44. The average molecular weight is 318 g/mol. The van der Waals surface area contributed by atoms with E-state index in [0.29, 0.717) is 6.42 Å². The minimum Gasteiger partial charge on any atom is -0.393 e. The number of urea groups is 1. The Morgan fingerprint density at radius 1 is 1.22 bits per heavy atom. The predicted molar refractivity (Wildman–Crippen MR) is 88.1 cm³/mol. The standard InChI is InChI=1S/C18H26N2O3/c21-15-9-7-14(8-10-15)20-17(22)19-12-18(23)11-3-5-13-4-1-2-6-16(13)18/h1-2,4,6,14-15,21,23H,3,5,7-12H2,(H2,19,20,22). The molecule has 0 aromatic heterocycles. The number of hydrogen-bond acceptors (Lipinski definition) is 3. The smallest absolute Gasteiger partial charge is 0.315 e. The molecule has 1 saturated carbocycles. The predicted octanol–water partition coefficient (Wildman–Crippen LogP) is 1.81. The zero-order valence-corrected chi connectivity index (χ0v) is 13.4. The van der Waals surface area contributed by atoms with E-state index in [1.807, 2.05) is 24.3 Å². The fourth-order valence-corrected chi connectivity index (χ4v) is 3.76. The van der Waals surface area contributed by atoms with Gasteiger partial charge in [-0.05, 0) is 56.1 Å². The first-order valence-electron chi connectivity index (χ1n) is 8.60. The van der Waals surface area contributed by atoms with Gasteiger partial charge in [0.05, 0.1) is 12.6 Å². The zero-order valence-electron chi connectivity index (χ0n) is 13.4. The quantitative estimate of drug-likeness (QED) is 0.686. The van der Waals surface area contributed by atoms with Crippen LogP contribution in [-0.2, 0) is 12.0 Å². The normalized spacial score (nSPS) is 30.3. The first-order valence-corrected chi connectivity index (χ1v) is 8.60. The van der Waals surface area contributed by atoms with Crippen LogP contribution in [0.5, 0.6) is 0 Å². The Kier molecular flexibility index (Phi) is 4.87. The molecule has 23 heavy (non-hydrogen) atoms. The van der Waals surface area contributed by atoms with Crippen LogP contribution in [0.1, 0.15) is 49.7 Å². The summed E-state index contributed by atoms with van der Waals surface area (Å²) in [5.41, 5.74) is 1.13. The van der Waals surface area contributed by atoms with Crippen LogP contribution in [0.2, 0.25) is 0 Å². The maximum Gasteiger partial charge on any atom is 0.315 e. The van der Waals surface area contributed by atoms with Crippen molar-refractivity contribution in [2.45, 2.75) is 62.7 Å². The molecule has 3 rings (SSSR count). The van der Waals surface area contributed by atoms with Gasteiger partial charge in [0, 0.05) is 6.04 Å². The minimum absolute atomic E-state index is 0.117. The van der Waals surface area contributed by atoms with Crippen molar-refractivity contribution in [1.82, 2.24) is 10.6 Å². The molecule has 2 aliphatic rings. The number of aliphatic hydroxyl groups is 2. The van der Waals surface area contributed by atoms with Crippen molar-refractivity contribution in [2.75, 3.05) is 6.54 Å². The second kappa shape index (κ2) is 6.89. The third-order valence-electron chi connectivity index (χ3n) is 5.13. The first-order chi connectivity index (χ1) is 11.1. The molecule has 1 atom stereocenters. The highest BCUT2D eigenvalue weighted by molar-refractivity contribution is 5.74. The molecule has 5 heteroatoms. The van der Waals surface area contributed by atoms with E-state index in [9.17, 15) is 15.0 Å². The lowest BCUT2D eigenvalue weighted by Crippen LogP contribution is -2.49. The van der Waals surface area contributed by atoms with Gasteiger partial charge in [0.2, 0.25) is 0 Å². The first kappa shape index (κ1) is 16.3. The Morgan fingerprint density at radius 3 is 2.74 bits per heavy atom. The van der Waals surface area contributed by atoms with E-state index < -0.39 is 5.60 Å². The second-order valence-corrected chi connectivity index (χ2v) is 6.87. The molecule has 1 unspecified atom stereocenters. The van der Waals surface area contributed by atoms with Crippen LogP contribution in [0.3, 0.4) is 0 Å². The van der Waals surface area contributed by atoms with Crippen LogP contribution in [0.4, 0.5) is 4.79 Å². The van der Waals surface area contributed by atoms with Crippen molar-refractivity contribution >= 4 is 6.03 Å². The Labute approximate surface area is 137 Å². The highest BCUT2D eigenvalue weighted by Crippen LogP contribution is 2.34. The van der Waals surface area contributed by atoms with Crippen molar-refractivity contribution < 1.29 is 15.0 Å². The van der Waals surface area contributed by atoms with Crippen molar-refractivity contribution in [3.63, 3.8) is 0 Å². The molecule has 4 N–H and O–H groups in total. The number of hydrogen-bond donors (Lipinski definition) is 4. The molecule has 1 aromatic carbocycles. The Bertz CT molecular complexity index is 555. The molecule has 0 aliphatic heterocycles. The third kappa shape index (κ3) is 3.85. The van der Waals surface area contributed by atoms with Gasteiger partial charge in [0.15, 0.2) is 0 Å². The molecule has 0 heterocycles. The number of benzene rings is 1. The summed E-state index contributed by atoms with van der Waals surface area (Å²) in [5.74, 6) is 0. The molecule has 2 amide bonds. The molecule has 0 spiro atoms. The maximum atomic E-state index is 12.1. The monoisotopic (exact) mass is 318 g/mol. The van der Waals surface area contributed by atoms with E-state index in [4.69, 9.17) is 0 Å². The van der Waals surface area contributed by atoms with E-state index in [0.717, 1.165) is 44.1 Å². The molecule has 5 nitrogen and oxygen atoms in total. The minimum atomic E-state index is -0.977. The van der Waals surface area contributed by atoms with Crippen LogP contribution in [0.15, 0.2) is 24.3 Å². The van der Waals surface area contributed by atoms with E-state index in [2.05, 4.69) is 10.6 Å². The lowest BCUT2D eigenvalue weighted by molar-refractivity contribution is 0.0215. The van der Waals surface area contributed by atoms with Crippen LogP contribution in [0.25, 0.3) is 0 Å². The van der Waals surface area contributed by atoms with Gasteiger partial charge in [-0.2, -0.15) is 0 Å². The summed E-state index contributed by atoms with van der Waals surface area (Å²) in [5, 5.41) is 26.2. The van der Waals surface area contributed by atoms with Gasteiger partial charge in [0.1, 0.15) is 5.60 Å². The average Bonchev–Trinajstić information content (AvgIpc) is 2.56. The number of aliphatic hydroxyl groups excluding tert-OH is 1. The molecule has 126 valence electrons. The van der Waals surface area contributed by atoms with Gasteiger partial charge >= 0.3 is 6.03 Å². The van der Waals surface area contributed by atoms with Crippen molar-refractivity contribution in [3.05, 3.63) is 35.4 Å².